The summed E-state index contributed by atoms with van der Waals surface area (Å²) in [6.07, 6.45) is 0. The normalized spacial score (nSPS) is 10.8. The Morgan fingerprint density at radius 3 is 2.29 bits per heavy atom. The maximum Gasteiger partial charge on any atom is 0.0998 e. The highest BCUT2D eigenvalue weighted by molar-refractivity contribution is 6.04. The summed E-state index contributed by atoms with van der Waals surface area (Å²) >= 11 is 0. The van der Waals surface area contributed by atoms with Crippen molar-refractivity contribution in [2.75, 3.05) is 0 Å². The molecule has 1 aliphatic rings. The van der Waals surface area contributed by atoms with E-state index < -0.39 is 0 Å². The average Bonchev–Trinajstić information content (AvgIpc) is 2.24. The van der Waals surface area contributed by atoms with Gasteiger partial charge in [0.25, 0.3) is 0 Å². The molecule has 0 fully saturated rings. The third-order valence-electron chi connectivity index (χ3n) is 2.67. The van der Waals surface area contributed by atoms with Crippen LogP contribution in [0.1, 0.15) is 5.56 Å². The summed E-state index contributed by atoms with van der Waals surface area (Å²) in [5, 5.41) is 8.95. The molecule has 0 heterocycles. The molecule has 0 amide bonds. The average molecular weight is 177 g/mol. The second-order valence-electron chi connectivity index (χ2n) is 3.39. The molecule has 2 aromatic rings. The van der Waals surface area contributed by atoms with Gasteiger partial charge in [-0.1, -0.05) is 36.4 Å². The number of benzene rings is 2. The molecule has 0 aliphatic heterocycles. The first-order chi connectivity index (χ1) is 6.92. The van der Waals surface area contributed by atoms with Crippen molar-refractivity contribution >= 4 is 0 Å². The van der Waals surface area contributed by atoms with Crippen LogP contribution in [-0.2, 0) is 0 Å². The van der Waals surface area contributed by atoms with Gasteiger partial charge in [0.2, 0.25) is 0 Å². The topological polar surface area (TPSA) is 23.8 Å². The Morgan fingerprint density at radius 1 is 0.786 bits per heavy atom. The predicted octanol–water partition coefficient (Wildman–Crippen LogP) is 3.21. The van der Waals surface area contributed by atoms with E-state index in [1.807, 2.05) is 24.3 Å². The summed E-state index contributed by atoms with van der Waals surface area (Å²) in [5.74, 6) is 0. The number of hydrogen-bond donors (Lipinski definition) is 0. The zero-order valence-corrected chi connectivity index (χ0v) is 7.49. The Hall–Kier alpha value is -2.07. The predicted molar refractivity (Wildman–Crippen MR) is 55.6 cm³/mol. The molecule has 64 valence electrons. The molecule has 1 heteroatoms. The molecule has 1 aliphatic carbocycles. The molecule has 0 unspecified atom stereocenters. The van der Waals surface area contributed by atoms with Gasteiger partial charge in [0.1, 0.15) is 0 Å². The zero-order valence-electron chi connectivity index (χ0n) is 7.49. The first-order valence-electron chi connectivity index (χ1n) is 4.54. The highest BCUT2D eigenvalue weighted by Crippen LogP contribution is 2.48. The summed E-state index contributed by atoms with van der Waals surface area (Å²) in [6.45, 7) is 0. The van der Waals surface area contributed by atoms with Crippen LogP contribution in [-0.4, -0.2) is 0 Å². The second-order valence-corrected chi connectivity index (χ2v) is 3.39. The molecule has 0 aromatic heterocycles. The molecule has 0 bridgehead atoms. The lowest BCUT2D eigenvalue weighted by Crippen LogP contribution is -2.00. The summed E-state index contributed by atoms with van der Waals surface area (Å²) in [4.78, 5) is 0. The minimum atomic E-state index is 0.779. The van der Waals surface area contributed by atoms with E-state index in [-0.39, 0.29) is 0 Å². The summed E-state index contributed by atoms with van der Waals surface area (Å²) < 4.78 is 0. The van der Waals surface area contributed by atoms with E-state index in [0.29, 0.717) is 0 Å². The molecular weight excluding hydrogens is 170 g/mol. The van der Waals surface area contributed by atoms with Gasteiger partial charge >= 0.3 is 0 Å². The molecule has 0 saturated carbocycles. The first-order valence-corrected chi connectivity index (χ1v) is 4.54. The molecule has 0 radical (unpaired) electrons. The number of hydrogen-bond acceptors (Lipinski definition) is 1. The number of fused-ring (bicyclic) bond motifs is 4. The van der Waals surface area contributed by atoms with Crippen molar-refractivity contribution in [3.05, 3.63) is 48.0 Å². The van der Waals surface area contributed by atoms with E-state index in [4.69, 9.17) is 5.26 Å². The standard InChI is InChI=1S/C13H7N/c14-8-9-4-3-7-12-10-5-1-2-6-11(10)13(9)12/h1-7H. The lowest BCUT2D eigenvalue weighted by Gasteiger charge is -2.24. The van der Waals surface area contributed by atoms with Gasteiger partial charge in [-0.15, -0.1) is 0 Å². The SMILES string of the molecule is N#Cc1cccc2c1-c1ccccc1-2. The van der Waals surface area contributed by atoms with Crippen LogP contribution in [0.2, 0.25) is 0 Å². The molecule has 2 aromatic carbocycles. The van der Waals surface area contributed by atoms with Crippen molar-refractivity contribution < 1.29 is 0 Å². The fourth-order valence-corrected chi connectivity index (χ4v) is 2.03. The van der Waals surface area contributed by atoms with E-state index in [0.717, 1.165) is 11.1 Å². The maximum atomic E-state index is 8.95. The monoisotopic (exact) mass is 177 g/mol. The van der Waals surface area contributed by atoms with Crippen LogP contribution < -0.4 is 0 Å². The van der Waals surface area contributed by atoms with Crippen molar-refractivity contribution in [3.8, 4) is 28.3 Å². The fraction of sp³-hybridized carbons (Fsp3) is 0. The van der Waals surface area contributed by atoms with Crippen molar-refractivity contribution in [1.29, 1.82) is 5.26 Å². The first kappa shape index (κ1) is 7.34. The molecule has 1 nitrogen and oxygen atoms in total. The van der Waals surface area contributed by atoms with Crippen LogP contribution in [0.4, 0.5) is 0 Å². The molecule has 0 spiro atoms. The van der Waals surface area contributed by atoms with Crippen LogP contribution in [0.3, 0.4) is 0 Å². The largest absolute Gasteiger partial charge is 0.192 e. The van der Waals surface area contributed by atoms with E-state index in [1.54, 1.807) is 0 Å². The summed E-state index contributed by atoms with van der Waals surface area (Å²) in [5.41, 5.74) is 5.57. The van der Waals surface area contributed by atoms with E-state index >= 15 is 0 Å². The van der Waals surface area contributed by atoms with Crippen molar-refractivity contribution in [3.63, 3.8) is 0 Å². The van der Waals surface area contributed by atoms with Gasteiger partial charge in [0, 0.05) is 5.56 Å². The summed E-state index contributed by atoms with van der Waals surface area (Å²) in [7, 11) is 0. The highest BCUT2D eigenvalue weighted by Gasteiger charge is 2.23. The van der Waals surface area contributed by atoms with Gasteiger partial charge in [-0.3, -0.25) is 0 Å². The smallest absolute Gasteiger partial charge is 0.0998 e. The van der Waals surface area contributed by atoms with Gasteiger partial charge in [0.05, 0.1) is 11.6 Å². The second kappa shape index (κ2) is 2.46. The Balaban J connectivity index is 2.34. The van der Waals surface area contributed by atoms with Crippen molar-refractivity contribution in [2.24, 2.45) is 0 Å². The highest BCUT2D eigenvalue weighted by atomic mass is 14.3. The van der Waals surface area contributed by atoms with Gasteiger partial charge < -0.3 is 0 Å². The van der Waals surface area contributed by atoms with Crippen LogP contribution in [0.5, 0.6) is 0 Å². The van der Waals surface area contributed by atoms with Crippen molar-refractivity contribution in [1.82, 2.24) is 0 Å². The molecule has 0 N–H and O–H groups in total. The molecule has 14 heavy (non-hydrogen) atoms. The molecule has 3 rings (SSSR count). The molecule has 0 atom stereocenters. The number of nitrogens with zero attached hydrogens (tertiary/aromatic N) is 1. The Kier molecular flexibility index (Phi) is 1.29. The van der Waals surface area contributed by atoms with E-state index in [2.05, 4.69) is 24.3 Å². The third kappa shape index (κ3) is 0.730. The Morgan fingerprint density at radius 2 is 1.50 bits per heavy atom. The Bertz CT molecular complexity index is 562. The van der Waals surface area contributed by atoms with E-state index in [1.165, 1.54) is 16.7 Å². The number of rotatable bonds is 0. The number of nitriles is 1. The van der Waals surface area contributed by atoms with Gasteiger partial charge in [-0.2, -0.15) is 5.26 Å². The molecule has 0 saturated heterocycles. The third-order valence-corrected chi connectivity index (χ3v) is 2.67. The van der Waals surface area contributed by atoms with Crippen molar-refractivity contribution in [2.45, 2.75) is 0 Å². The maximum absolute atomic E-state index is 8.95. The van der Waals surface area contributed by atoms with Crippen LogP contribution >= 0.6 is 0 Å². The van der Waals surface area contributed by atoms with Crippen LogP contribution in [0, 0.1) is 11.3 Å². The minimum Gasteiger partial charge on any atom is -0.192 e. The minimum absolute atomic E-state index is 0.779. The quantitative estimate of drug-likeness (QED) is 0.517. The van der Waals surface area contributed by atoms with Gasteiger partial charge in [-0.05, 0) is 22.8 Å². The Labute approximate surface area is 82.2 Å². The molecular formula is C13H7N. The lowest BCUT2D eigenvalue weighted by molar-refractivity contribution is 1.45. The van der Waals surface area contributed by atoms with Crippen LogP contribution in [0.25, 0.3) is 22.3 Å². The zero-order chi connectivity index (χ0) is 9.54. The van der Waals surface area contributed by atoms with Crippen LogP contribution in [0.15, 0.2) is 42.5 Å². The van der Waals surface area contributed by atoms with Gasteiger partial charge in [-0.25, -0.2) is 0 Å². The van der Waals surface area contributed by atoms with E-state index in [9.17, 15) is 0 Å². The van der Waals surface area contributed by atoms with Gasteiger partial charge in [0.15, 0.2) is 0 Å². The fourth-order valence-electron chi connectivity index (χ4n) is 2.03. The summed E-state index contributed by atoms with van der Waals surface area (Å²) in [6, 6.07) is 16.3. The lowest BCUT2D eigenvalue weighted by atomic mass is 9.78.